The lowest BCUT2D eigenvalue weighted by Crippen LogP contribution is -1.96. The lowest BCUT2D eigenvalue weighted by atomic mass is 10.0. The first kappa shape index (κ1) is 14.8. The molecule has 0 unspecified atom stereocenters. The summed E-state index contributed by atoms with van der Waals surface area (Å²) < 4.78 is 2.11. The molecule has 24 heavy (non-hydrogen) atoms. The second-order valence-corrected chi connectivity index (χ2v) is 6.71. The van der Waals surface area contributed by atoms with Crippen molar-refractivity contribution in [3.8, 4) is 22.5 Å². The standard InChI is InChI=1S/C20H16N2OS/c1-13-19(14(2)23)24-20-21-17(15-9-5-3-6-10-15)18(22(13)20)16-11-7-4-8-12-16/h3-12H,1-2H3. The first-order chi connectivity index (χ1) is 11.7. The second kappa shape index (κ2) is 5.73. The number of ketones is 1. The lowest BCUT2D eigenvalue weighted by molar-refractivity contribution is 0.102. The van der Waals surface area contributed by atoms with Crippen LogP contribution in [0.5, 0.6) is 0 Å². The number of benzene rings is 2. The van der Waals surface area contributed by atoms with Gasteiger partial charge in [-0.15, -0.1) is 0 Å². The van der Waals surface area contributed by atoms with Crippen LogP contribution in [0.15, 0.2) is 60.7 Å². The van der Waals surface area contributed by atoms with E-state index in [1.807, 2.05) is 43.3 Å². The monoisotopic (exact) mass is 332 g/mol. The SMILES string of the molecule is CC(=O)c1sc2nc(-c3ccccc3)c(-c3ccccc3)n2c1C. The lowest BCUT2D eigenvalue weighted by Gasteiger charge is -2.06. The van der Waals surface area contributed by atoms with Crippen molar-refractivity contribution in [2.45, 2.75) is 13.8 Å². The molecule has 0 saturated heterocycles. The van der Waals surface area contributed by atoms with Crippen molar-refractivity contribution in [1.82, 2.24) is 9.38 Å². The zero-order chi connectivity index (χ0) is 16.7. The average molecular weight is 332 g/mol. The van der Waals surface area contributed by atoms with Crippen molar-refractivity contribution >= 4 is 22.1 Å². The van der Waals surface area contributed by atoms with Crippen LogP contribution in [-0.4, -0.2) is 15.2 Å². The third-order valence-electron chi connectivity index (χ3n) is 4.12. The molecule has 0 amide bonds. The number of carbonyl (C=O) groups excluding carboxylic acids is 1. The van der Waals surface area contributed by atoms with Crippen LogP contribution in [0.4, 0.5) is 0 Å². The van der Waals surface area contributed by atoms with E-state index >= 15 is 0 Å². The molecule has 2 aromatic heterocycles. The molecule has 0 aliphatic heterocycles. The molecule has 0 spiro atoms. The minimum absolute atomic E-state index is 0.0864. The van der Waals surface area contributed by atoms with E-state index in [1.165, 1.54) is 11.3 Å². The van der Waals surface area contributed by atoms with E-state index in [2.05, 4.69) is 28.7 Å². The normalized spacial score (nSPS) is 11.1. The van der Waals surface area contributed by atoms with Gasteiger partial charge in [0.15, 0.2) is 10.7 Å². The fraction of sp³-hybridized carbons (Fsp3) is 0.100. The van der Waals surface area contributed by atoms with Crippen LogP contribution < -0.4 is 0 Å². The van der Waals surface area contributed by atoms with Crippen LogP contribution in [-0.2, 0) is 0 Å². The van der Waals surface area contributed by atoms with Crippen molar-refractivity contribution in [3.05, 3.63) is 71.2 Å². The summed E-state index contributed by atoms with van der Waals surface area (Å²) >= 11 is 1.46. The van der Waals surface area contributed by atoms with Crippen LogP contribution >= 0.6 is 11.3 Å². The number of hydrogen-bond acceptors (Lipinski definition) is 3. The molecule has 0 bridgehead atoms. The van der Waals surface area contributed by atoms with E-state index in [9.17, 15) is 4.79 Å². The molecule has 4 heteroatoms. The van der Waals surface area contributed by atoms with Crippen molar-refractivity contribution in [2.75, 3.05) is 0 Å². The third-order valence-corrected chi connectivity index (χ3v) is 5.36. The van der Waals surface area contributed by atoms with E-state index < -0.39 is 0 Å². The zero-order valence-corrected chi connectivity index (χ0v) is 14.3. The van der Waals surface area contributed by atoms with Gasteiger partial charge in [-0.1, -0.05) is 72.0 Å². The predicted octanol–water partition coefficient (Wildman–Crippen LogP) is 5.24. The Kier molecular flexibility index (Phi) is 3.54. The molecule has 2 heterocycles. The summed E-state index contributed by atoms with van der Waals surface area (Å²) in [5, 5.41) is 0. The number of Topliss-reactive ketones (excluding diaryl/α,β-unsaturated/α-hetero) is 1. The van der Waals surface area contributed by atoms with Gasteiger partial charge in [0.2, 0.25) is 0 Å². The molecule has 0 radical (unpaired) electrons. The quantitative estimate of drug-likeness (QED) is 0.481. The number of fused-ring (bicyclic) bond motifs is 1. The number of carbonyl (C=O) groups is 1. The van der Waals surface area contributed by atoms with E-state index in [0.29, 0.717) is 0 Å². The maximum atomic E-state index is 11.9. The summed E-state index contributed by atoms with van der Waals surface area (Å²) in [7, 11) is 0. The van der Waals surface area contributed by atoms with Gasteiger partial charge in [-0.2, -0.15) is 0 Å². The zero-order valence-electron chi connectivity index (χ0n) is 13.5. The Morgan fingerprint density at radius 1 is 0.958 bits per heavy atom. The van der Waals surface area contributed by atoms with Crippen LogP contribution in [0, 0.1) is 6.92 Å². The van der Waals surface area contributed by atoms with Crippen molar-refractivity contribution in [2.24, 2.45) is 0 Å². The number of nitrogens with zero attached hydrogens (tertiary/aromatic N) is 2. The molecular formula is C20H16N2OS. The first-order valence-corrected chi connectivity index (χ1v) is 8.62. The number of thiazole rings is 1. The van der Waals surface area contributed by atoms with Gasteiger partial charge in [-0.25, -0.2) is 4.98 Å². The molecular weight excluding hydrogens is 316 g/mol. The van der Waals surface area contributed by atoms with E-state index in [4.69, 9.17) is 4.98 Å². The summed E-state index contributed by atoms with van der Waals surface area (Å²) in [6.45, 7) is 3.60. The van der Waals surface area contributed by atoms with Gasteiger partial charge in [0, 0.05) is 23.7 Å². The van der Waals surface area contributed by atoms with E-state index in [0.717, 1.165) is 38.0 Å². The van der Waals surface area contributed by atoms with Gasteiger partial charge < -0.3 is 0 Å². The number of aromatic nitrogens is 2. The molecule has 4 aromatic rings. The number of hydrogen-bond donors (Lipinski definition) is 0. The van der Waals surface area contributed by atoms with Gasteiger partial charge in [-0.3, -0.25) is 9.20 Å². The van der Waals surface area contributed by atoms with Crippen LogP contribution in [0.25, 0.3) is 27.5 Å². The average Bonchev–Trinajstić information content (AvgIpc) is 3.14. The number of aryl methyl sites for hydroxylation is 1. The Morgan fingerprint density at radius 3 is 2.12 bits per heavy atom. The highest BCUT2D eigenvalue weighted by Gasteiger charge is 2.22. The summed E-state index contributed by atoms with van der Waals surface area (Å²) in [6.07, 6.45) is 0. The Labute approximate surface area is 144 Å². The molecule has 0 aliphatic rings. The largest absolute Gasteiger partial charge is 0.294 e. The van der Waals surface area contributed by atoms with Gasteiger partial charge in [0.05, 0.1) is 16.3 Å². The Hall–Kier alpha value is -2.72. The Morgan fingerprint density at radius 2 is 1.54 bits per heavy atom. The highest BCUT2D eigenvalue weighted by Crippen LogP contribution is 2.37. The smallest absolute Gasteiger partial charge is 0.195 e. The summed E-state index contributed by atoms with van der Waals surface area (Å²) in [5.74, 6) is 0.0864. The van der Waals surface area contributed by atoms with Crippen molar-refractivity contribution in [3.63, 3.8) is 0 Å². The molecule has 0 aliphatic carbocycles. The number of rotatable bonds is 3. The van der Waals surface area contributed by atoms with Crippen LogP contribution in [0.3, 0.4) is 0 Å². The Balaban J connectivity index is 2.09. The predicted molar refractivity (Wildman–Crippen MR) is 98.7 cm³/mol. The fourth-order valence-corrected chi connectivity index (χ4v) is 4.05. The molecule has 2 aromatic carbocycles. The molecule has 4 rings (SSSR count). The molecule has 0 saturated carbocycles. The topological polar surface area (TPSA) is 34.4 Å². The van der Waals surface area contributed by atoms with E-state index in [-0.39, 0.29) is 5.78 Å². The molecule has 0 N–H and O–H groups in total. The minimum atomic E-state index is 0.0864. The highest BCUT2D eigenvalue weighted by atomic mass is 32.1. The summed E-state index contributed by atoms with van der Waals surface area (Å²) in [4.78, 5) is 18.4. The van der Waals surface area contributed by atoms with Crippen molar-refractivity contribution in [1.29, 1.82) is 0 Å². The number of imidazole rings is 1. The molecule has 0 atom stereocenters. The van der Waals surface area contributed by atoms with Gasteiger partial charge in [0.25, 0.3) is 0 Å². The second-order valence-electron chi connectivity index (χ2n) is 5.73. The first-order valence-electron chi connectivity index (χ1n) is 7.80. The van der Waals surface area contributed by atoms with Crippen molar-refractivity contribution < 1.29 is 4.79 Å². The van der Waals surface area contributed by atoms with Crippen LogP contribution in [0.2, 0.25) is 0 Å². The molecule has 118 valence electrons. The Bertz CT molecular complexity index is 1030. The summed E-state index contributed by atoms with van der Waals surface area (Å²) in [5.41, 5.74) is 5.12. The maximum absolute atomic E-state index is 11.9. The van der Waals surface area contributed by atoms with E-state index in [1.54, 1.807) is 6.92 Å². The van der Waals surface area contributed by atoms with Crippen LogP contribution in [0.1, 0.15) is 22.3 Å². The minimum Gasteiger partial charge on any atom is -0.294 e. The van der Waals surface area contributed by atoms with Gasteiger partial charge >= 0.3 is 0 Å². The molecule has 3 nitrogen and oxygen atoms in total. The fourth-order valence-electron chi connectivity index (χ4n) is 3.03. The van der Waals surface area contributed by atoms with Gasteiger partial charge in [-0.05, 0) is 6.92 Å². The van der Waals surface area contributed by atoms with Gasteiger partial charge in [0.1, 0.15) is 0 Å². The maximum Gasteiger partial charge on any atom is 0.195 e. The molecule has 0 fully saturated rings. The summed E-state index contributed by atoms with van der Waals surface area (Å²) in [6, 6.07) is 20.4. The third kappa shape index (κ3) is 2.27. The highest BCUT2D eigenvalue weighted by molar-refractivity contribution is 7.19.